The van der Waals surface area contributed by atoms with Crippen molar-refractivity contribution in [1.29, 1.82) is 0 Å². The molecule has 1 aliphatic rings. The molecule has 3 N–H and O–H groups in total. The van der Waals surface area contributed by atoms with E-state index in [1.807, 2.05) is 0 Å². The van der Waals surface area contributed by atoms with Gasteiger partial charge in [0.15, 0.2) is 0 Å². The molecule has 1 aliphatic heterocycles. The topological polar surface area (TPSA) is 83.6 Å². The number of carboxylic acid groups (broad SMARTS) is 1. The minimum atomic E-state index is -1.02. The van der Waals surface area contributed by atoms with E-state index in [0.29, 0.717) is 5.75 Å². The average Bonchev–Trinajstić information content (AvgIpc) is 2.44. The minimum Gasteiger partial charge on any atom is -0.480 e. The highest BCUT2D eigenvalue weighted by Crippen LogP contribution is 2.23. The summed E-state index contributed by atoms with van der Waals surface area (Å²) in [6.45, 7) is 0.749. The van der Waals surface area contributed by atoms with Crippen molar-refractivity contribution in [3.05, 3.63) is 0 Å². The summed E-state index contributed by atoms with van der Waals surface area (Å²) in [4.78, 5) is 23.5. The highest BCUT2D eigenvalue weighted by Gasteiger charge is 2.30. The fourth-order valence-corrected chi connectivity index (χ4v) is 2.41. The van der Waals surface area contributed by atoms with Crippen molar-refractivity contribution in [2.24, 2.45) is 5.73 Å². The third-order valence-electron chi connectivity index (χ3n) is 2.17. The third-order valence-corrected chi connectivity index (χ3v) is 3.56. The molecule has 0 aromatic heterocycles. The first-order chi connectivity index (χ1) is 6.52. The number of carbonyl (C=O) groups excluding carboxylic acids is 1. The van der Waals surface area contributed by atoms with Crippen LogP contribution < -0.4 is 5.73 Å². The first-order valence-corrected chi connectivity index (χ1v) is 5.42. The standard InChI is InChI=1S/C8H14N2O3S/c1-10-3-2-6(7(10)11)14-4-5(9)8(12)13/h5-6H,2-4,9H2,1H3,(H,12,13)/t5-,6?/m1/s1. The van der Waals surface area contributed by atoms with Crippen LogP contribution in [0.5, 0.6) is 0 Å². The van der Waals surface area contributed by atoms with Gasteiger partial charge in [0.05, 0.1) is 5.25 Å². The van der Waals surface area contributed by atoms with E-state index in [-0.39, 0.29) is 11.2 Å². The molecule has 0 radical (unpaired) electrons. The SMILES string of the molecule is CN1CCC(SC[C@@H](N)C(=O)O)C1=O. The van der Waals surface area contributed by atoms with Crippen LogP contribution in [0.25, 0.3) is 0 Å². The molecule has 1 fully saturated rings. The maximum absolute atomic E-state index is 11.4. The molecule has 1 saturated heterocycles. The molecule has 0 aromatic carbocycles. The van der Waals surface area contributed by atoms with Crippen molar-refractivity contribution in [1.82, 2.24) is 4.90 Å². The van der Waals surface area contributed by atoms with E-state index in [1.54, 1.807) is 11.9 Å². The lowest BCUT2D eigenvalue weighted by molar-refractivity contribution is -0.138. The third kappa shape index (κ3) is 2.62. The molecule has 1 unspecified atom stereocenters. The van der Waals surface area contributed by atoms with Crippen LogP contribution in [0, 0.1) is 0 Å². The van der Waals surface area contributed by atoms with Crippen molar-refractivity contribution in [3.63, 3.8) is 0 Å². The predicted molar refractivity (Wildman–Crippen MR) is 54.1 cm³/mol. The first kappa shape index (κ1) is 11.3. The number of aliphatic carboxylic acids is 1. The second kappa shape index (κ2) is 4.65. The van der Waals surface area contributed by atoms with Gasteiger partial charge in [-0.15, -0.1) is 11.8 Å². The molecular formula is C8H14N2O3S. The molecule has 1 rings (SSSR count). The molecule has 80 valence electrons. The maximum Gasteiger partial charge on any atom is 0.321 e. The lowest BCUT2D eigenvalue weighted by atomic mass is 10.4. The number of nitrogens with zero attached hydrogens (tertiary/aromatic N) is 1. The van der Waals surface area contributed by atoms with E-state index in [0.717, 1.165) is 13.0 Å². The van der Waals surface area contributed by atoms with Gasteiger partial charge in [0.1, 0.15) is 6.04 Å². The van der Waals surface area contributed by atoms with Gasteiger partial charge in [-0.2, -0.15) is 0 Å². The molecule has 5 nitrogen and oxygen atoms in total. The zero-order valence-corrected chi connectivity index (χ0v) is 8.79. The smallest absolute Gasteiger partial charge is 0.321 e. The Kier molecular flexibility index (Phi) is 3.77. The van der Waals surface area contributed by atoms with Crippen LogP contribution in [0.3, 0.4) is 0 Å². The summed E-state index contributed by atoms with van der Waals surface area (Å²) in [7, 11) is 1.75. The Morgan fingerprint density at radius 3 is 2.93 bits per heavy atom. The number of carboxylic acids is 1. The number of carbonyl (C=O) groups is 2. The monoisotopic (exact) mass is 218 g/mol. The van der Waals surface area contributed by atoms with Gasteiger partial charge in [-0.3, -0.25) is 9.59 Å². The van der Waals surface area contributed by atoms with Crippen LogP contribution in [0.4, 0.5) is 0 Å². The number of likely N-dealkylation sites (tertiary alicyclic amines) is 1. The normalized spacial score (nSPS) is 24.0. The number of amides is 1. The van der Waals surface area contributed by atoms with Gasteiger partial charge in [0, 0.05) is 19.3 Å². The fraction of sp³-hybridized carbons (Fsp3) is 0.750. The molecule has 0 bridgehead atoms. The summed E-state index contributed by atoms with van der Waals surface area (Å²) >= 11 is 1.34. The quantitative estimate of drug-likeness (QED) is 0.656. The molecule has 1 heterocycles. The molecule has 0 spiro atoms. The Morgan fingerprint density at radius 2 is 2.50 bits per heavy atom. The summed E-state index contributed by atoms with van der Waals surface area (Å²) < 4.78 is 0. The number of hydrogen-bond acceptors (Lipinski definition) is 4. The van der Waals surface area contributed by atoms with Gasteiger partial charge in [0.2, 0.25) is 5.91 Å². The molecule has 6 heteroatoms. The second-order valence-corrected chi connectivity index (χ2v) is 4.55. The summed E-state index contributed by atoms with van der Waals surface area (Å²) in [5.41, 5.74) is 5.33. The van der Waals surface area contributed by atoms with Crippen LogP contribution in [-0.2, 0) is 9.59 Å². The summed E-state index contributed by atoms with van der Waals surface area (Å²) in [6, 6.07) is -0.876. The number of rotatable bonds is 4. The van der Waals surface area contributed by atoms with E-state index in [9.17, 15) is 9.59 Å². The second-order valence-electron chi connectivity index (χ2n) is 3.32. The lowest BCUT2D eigenvalue weighted by Crippen LogP contribution is -2.34. The molecule has 2 atom stereocenters. The van der Waals surface area contributed by atoms with Crippen molar-refractivity contribution in [3.8, 4) is 0 Å². The number of thioether (sulfide) groups is 1. The Balaban J connectivity index is 2.32. The largest absolute Gasteiger partial charge is 0.480 e. The Labute approximate surface area is 86.6 Å². The van der Waals surface area contributed by atoms with Gasteiger partial charge in [-0.25, -0.2) is 0 Å². The lowest BCUT2D eigenvalue weighted by Gasteiger charge is -2.11. The first-order valence-electron chi connectivity index (χ1n) is 4.37. The molecule has 1 amide bonds. The van der Waals surface area contributed by atoms with Crippen molar-refractivity contribution >= 4 is 23.6 Å². The number of nitrogens with two attached hydrogens (primary N) is 1. The average molecular weight is 218 g/mol. The molecule has 0 aliphatic carbocycles. The molecule has 14 heavy (non-hydrogen) atoms. The van der Waals surface area contributed by atoms with Crippen LogP contribution in [0.15, 0.2) is 0 Å². The summed E-state index contributed by atoms with van der Waals surface area (Å²) in [5.74, 6) is -0.650. The Hall–Kier alpha value is -0.750. The van der Waals surface area contributed by atoms with Gasteiger partial charge < -0.3 is 15.7 Å². The highest BCUT2D eigenvalue weighted by atomic mass is 32.2. The molecule has 0 aromatic rings. The van der Waals surface area contributed by atoms with Crippen molar-refractivity contribution < 1.29 is 14.7 Å². The maximum atomic E-state index is 11.4. The fourth-order valence-electron chi connectivity index (χ4n) is 1.24. The van der Waals surface area contributed by atoms with Crippen LogP contribution in [-0.4, -0.2) is 52.5 Å². The zero-order chi connectivity index (χ0) is 10.7. The van der Waals surface area contributed by atoms with E-state index in [1.165, 1.54) is 11.8 Å². The van der Waals surface area contributed by atoms with Crippen molar-refractivity contribution in [2.75, 3.05) is 19.3 Å². The van der Waals surface area contributed by atoms with E-state index in [2.05, 4.69) is 0 Å². The van der Waals surface area contributed by atoms with Gasteiger partial charge in [0.25, 0.3) is 0 Å². The van der Waals surface area contributed by atoms with E-state index < -0.39 is 12.0 Å². The summed E-state index contributed by atoms with van der Waals surface area (Å²) in [5, 5.41) is 8.43. The highest BCUT2D eigenvalue weighted by molar-refractivity contribution is 8.00. The minimum absolute atomic E-state index is 0.0765. The van der Waals surface area contributed by atoms with Crippen LogP contribution in [0.2, 0.25) is 0 Å². The van der Waals surface area contributed by atoms with Gasteiger partial charge in [-0.1, -0.05) is 0 Å². The Morgan fingerprint density at radius 1 is 1.86 bits per heavy atom. The predicted octanol–water partition coefficient (Wildman–Crippen LogP) is -0.638. The van der Waals surface area contributed by atoms with Gasteiger partial charge >= 0.3 is 5.97 Å². The van der Waals surface area contributed by atoms with Crippen molar-refractivity contribution in [2.45, 2.75) is 17.7 Å². The Bertz CT molecular complexity index is 247. The van der Waals surface area contributed by atoms with Crippen LogP contribution >= 0.6 is 11.8 Å². The van der Waals surface area contributed by atoms with E-state index >= 15 is 0 Å². The van der Waals surface area contributed by atoms with E-state index in [4.69, 9.17) is 10.8 Å². The summed E-state index contributed by atoms with van der Waals surface area (Å²) in [6.07, 6.45) is 0.784. The zero-order valence-electron chi connectivity index (χ0n) is 7.97. The molecule has 0 saturated carbocycles. The molecular weight excluding hydrogens is 204 g/mol. The van der Waals surface area contributed by atoms with Crippen LogP contribution in [0.1, 0.15) is 6.42 Å². The number of hydrogen-bond donors (Lipinski definition) is 2. The van der Waals surface area contributed by atoms with Gasteiger partial charge in [-0.05, 0) is 6.42 Å².